The number of rotatable bonds is 3. The van der Waals surface area contributed by atoms with Crippen molar-refractivity contribution in [3.63, 3.8) is 0 Å². The number of amides is 1. The number of nitrogens with zero attached hydrogens (tertiary/aromatic N) is 1. The maximum absolute atomic E-state index is 12.6. The highest BCUT2D eigenvalue weighted by Crippen LogP contribution is 2.23. The first-order valence-electron chi connectivity index (χ1n) is 6.54. The Morgan fingerprint density at radius 1 is 1.58 bits per heavy atom. The van der Waals surface area contributed by atoms with Crippen molar-refractivity contribution in [1.29, 1.82) is 0 Å². The molecule has 1 saturated heterocycles. The van der Waals surface area contributed by atoms with Crippen molar-refractivity contribution in [1.82, 2.24) is 4.90 Å². The molecule has 0 aromatic heterocycles. The molecule has 104 valence electrons. The molecule has 0 spiro atoms. The average molecular weight is 283 g/mol. The van der Waals surface area contributed by atoms with Crippen LogP contribution >= 0.6 is 11.6 Å². The van der Waals surface area contributed by atoms with Crippen LogP contribution in [0.25, 0.3) is 0 Å². The van der Waals surface area contributed by atoms with Crippen molar-refractivity contribution in [3.8, 4) is 0 Å². The third-order valence-corrected chi connectivity index (χ3v) is 3.60. The first-order valence-corrected chi connectivity index (χ1v) is 6.91. The molecular formula is C14H19ClN2O2. The fourth-order valence-electron chi connectivity index (χ4n) is 2.23. The lowest BCUT2D eigenvalue weighted by molar-refractivity contribution is -0.0225. The van der Waals surface area contributed by atoms with E-state index in [0.29, 0.717) is 30.3 Å². The highest BCUT2D eigenvalue weighted by Gasteiger charge is 2.25. The zero-order valence-corrected chi connectivity index (χ0v) is 12.0. The van der Waals surface area contributed by atoms with Gasteiger partial charge in [-0.05, 0) is 24.6 Å². The van der Waals surface area contributed by atoms with E-state index in [4.69, 9.17) is 16.3 Å². The van der Waals surface area contributed by atoms with Crippen molar-refractivity contribution in [3.05, 3.63) is 28.8 Å². The molecule has 19 heavy (non-hydrogen) atoms. The zero-order valence-electron chi connectivity index (χ0n) is 11.3. The summed E-state index contributed by atoms with van der Waals surface area (Å²) >= 11 is 5.99. The molecule has 0 bridgehead atoms. The molecule has 1 fully saturated rings. The lowest BCUT2D eigenvalue weighted by Gasteiger charge is -2.33. The van der Waals surface area contributed by atoms with Gasteiger partial charge < -0.3 is 15.0 Å². The smallest absolute Gasteiger partial charge is 0.256 e. The van der Waals surface area contributed by atoms with Gasteiger partial charge in [0.05, 0.1) is 18.3 Å². The Kier molecular flexibility index (Phi) is 4.66. The lowest BCUT2D eigenvalue weighted by Crippen LogP contribution is -2.45. The van der Waals surface area contributed by atoms with Crippen LogP contribution in [0.4, 0.5) is 5.69 Å². The highest BCUT2D eigenvalue weighted by molar-refractivity contribution is 6.31. The van der Waals surface area contributed by atoms with Crippen molar-refractivity contribution in [2.24, 2.45) is 0 Å². The van der Waals surface area contributed by atoms with Crippen LogP contribution < -0.4 is 5.32 Å². The molecule has 4 nitrogen and oxygen atoms in total. The van der Waals surface area contributed by atoms with Crippen molar-refractivity contribution >= 4 is 23.2 Å². The van der Waals surface area contributed by atoms with E-state index in [0.717, 1.165) is 12.1 Å². The molecule has 1 unspecified atom stereocenters. The largest absolute Gasteiger partial charge is 0.387 e. The first kappa shape index (κ1) is 14.2. The van der Waals surface area contributed by atoms with Crippen LogP contribution in [0.2, 0.25) is 5.02 Å². The van der Waals surface area contributed by atoms with Gasteiger partial charge in [0.1, 0.15) is 0 Å². The molecule has 0 radical (unpaired) electrons. The van der Waals surface area contributed by atoms with Gasteiger partial charge in [-0.1, -0.05) is 18.5 Å². The number of nitrogens with one attached hydrogen (secondary N) is 1. The van der Waals surface area contributed by atoms with Crippen LogP contribution in [0.15, 0.2) is 18.2 Å². The third kappa shape index (κ3) is 3.19. The zero-order chi connectivity index (χ0) is 13.8. The Hall–Kier alpha value is -1.26. The van der Waals surface area contributed by atoms with Gasteiger partial charge in [0.15, 0.2) is 0 Å². The molecule has 0 saturated carbocycles. The summed E-state index contributed by atoms with van der Waals surface area (Å²) in [6.45, 7) is 3.94. The summed E-state index contributed by atoms with van der Waals surface area (Å²) in [5.41, 5.74) is 1.42. The van der Waals surface area contributed by atoms with Gasteiger partial charge in [-0.25, -0.2) is 0 Å². The monoisotopic (exact) mass is 282 g/mol. The molecule has 1 heterocycles. The van der Waals surface area contributed by atoms with Crippen LogP contribution in [0.3, 0.4) is 0 Å². The number of anilines is 1. The minimum absolute atomic E-state index is 0.00796. The number of halogens is 1. The van der Waals surface area contributed by atoms with Crippen LogP contribution in [0, 0.1) is 0 Å². The Balaban J connectivity index is 2.21. The van der Waals surface area contributed by atoms with E-state index >= 15 is 0 Å². The molecular weight excluding hydrogens is 264 g/mol. The van der Waals surface area contributed by atoms with E-state index in [1.165, 1.54) is 0 Å². The summed E-state index contributed by atoms with van der Waals surface area (Å²) in [5, 5.41) is 3.60. The molecule has 1 N–H and O–H groups in total. The quantitative estimate of drug-likeness (QED) is 0.927. The normalized spacial score (nSPS) is 19.3. The van der Waals surface area contributed by atoms with Gasteiger partial charge in [0, 0.05) is 30.8 Å². The fraction of sp³-hybridized carbons (Fsp3) is 0.500. The van der Waals surface area contributed by atoms with Gasteiger partial charge in [-0.15, -0.1) is 0 Å². The fourth-order valence-corrected chi connectivity index (χ4v) is 2.40. The number of ether oxygens (including phenoxy) is 1. The van der Waals surface area contributed by atoms with Crippen molar-refractivity contribution in [2.45, 2.75) is 19.4 Å². The van der Waals surface area contributed by atoms with Gasteiger partial charge in [-0.2, -0.15) is 0 Å². The molecule has 2 rings (SSSR count). The summed E-state index contributed by atoms with van der Waals surface area (Å²) in [4.78, 5) is 14.4. The van der Waals surface area contributed by atoms with Crippen molar-refractivity contribution < 1.29 is 9.53 Å². The number of carbonyl (C=O) groups is 1. The Morgan fingerprint density at radius 3 is 3.05 bits per heavy atom. The second-order valence-corrected chi connectivity index (χ2v) is 5.03. The van der Waals surface area contributed by atoms with E-state index in [1.54, 1.807) is 19.2 Å². The average Bonchev–Trinajstić information content (AvgIpc) is 2.46. The van der Waals surface area contributed by atoms with E-state index in [2.05, 4.69) is 12.2 Å². The molecule has 1 amide bonds. The van der Waals surface area contributed by atoms with Crippen LogP contribution in [-0.2, 0) is 4.74 Å². The van der Waals surface area contributed by atoms with E-state index in [9.17, 15) is 4.79 Å². The third-order valence-electron chi connectivity index (χ3n) is 3.36. The number of hydrogen-bond donors (Lipinski definition) is 1. The maximum Gasteiger partial charge on any atom is 0.256 e. The van der Waals surface area contributed by atoms with Crippen LogP contribution in [0.1, 0.15) is 23.7 Å². The second-order valence-electron chi connectivity index (χ2n) is 4.59. The highest BCUT2D eigenvalue weighted by atomic mass is 35.5. The number of hydrogen-bond acceptors (Lipinski definition) is 3. The summed E-state index contributed by atoms with van der Waals surface area (Å²) in [6.07, 6.45) is 1.05. The topological polar surface area (TPSA) is 41.6 Å². The summed E-state index contributed by atoms with van der Waals surface area (Å²) in [7, 11) is 1.80. The van der Waals surface area contributed by atoms with E-state index < -0.39 is 0 Å². The number of morpholine rings is 1. The molecule has 1 atom stereocenters. The summed E-state index contributed by atoms with van der Waals surface area (Å²) in [6, 6.07) is 5.32. The van der Waals surface area contributed by atoms with E-state index in [-0.39, 0.29) is 12.0 Å². The summed E-state index contributed by atoms with van der Waals surface area (Å²) in [5.74, 6) is 0.00796. The van der Waals surface area contributed by atoms with Crippen LogP contribution in [-0.4, -0.2) is 43.7 Å². The molecule has 1 aromatic rings. The van der Waals surface area contributed by atoms with Crippen LogP contribution in [0.5, 0.6) is 0 Å². The summed E-state index contributed by atoms with van der Waals surface area (Å²) < 4.78 is 5.59. The SMILES string of the molecule is CCC1CN(C(=O)c2cc(Cl)ccc2NC)CCO1. The predicted octanol–water partition coefficient (Wildman–Crippen LogP) is 2.63. The van der Waals surface area contributed by atoms with Gasteiger partial charge in [-0.3, -0.25) is 4.79 Å². The van der Waals surface area contributed by atoms with Gasteiger partial charge >= 0.3 is 0 Å². The Labute approximate surface area is 118 Å². The van der Waals surface area contributed by atoms with Crippen molar-refractivity contribution in [2.75, 3.05) is 32.1 Å². The Bertz CT molecular complexity index is 465. The second kappa shape index (κ2) is 6.26. The minimum Gasteiger partial charge on any atom is -0.387 e. The first-order chi connectivity index (χ1) is 9.15. The molecule has 1 aliphatic rings. The standard InChI is InChI=1S/C14H19ClN2O2/c1-3-11-9-17(6-7-19-11)14(18)12-8-10(15)4-5-13(12)16-2/h4-5,8,11,16H,3,6-7,9H2,1-2H3. The van der Waals surface area contributed by atoms with Gasteiger partial charge in [0.25, 0.3) is 5.91 Å². The maximum atomic E-state index is 12.6. The van der Waals surface area contributed by atoms with Gasteiger partial charge in [0.2, 0.25) is 0 Å². The van der Waals surface area contributed by atoms with E-state index in [1.807, 2.05) is 11.0 Å². The predicted molar refractivity (Wildman–Crippen MR) is 76.9 cm³/mol. The molecule has 1 aliphatic heterocycles. The number of carbonyl (C=O) groups excluding carboxylic acids is 1. The molecule has 0 aliphatic carbocycles. The lowest BCUT2D eigenvalue weighted by atomic mass is 10.1. The molecule has 5 heteroatoms. The molecule has 1 aromatic carbocycles. The Morgan fingerprint density at radius 2 is 2.37 bits per heavy atom. The number of benzene rings is 1. The minimum atomic E-state index is 0.00796.